The van der Waals surface area contributed by atoms with Crippen molar-refractivity contribution in [2.24, 2.45) is 0 Å². The number of nitrogens with one attached hydrogen (secondary N) is 1. The lowest BCUT2D eigenvalue weighted by Crippen LogP contribution is -2.26. The average Bonchev–Trinajstić information content (AvgIpc) is 2.95. The molecule has 0 radical (unpaired) electrons. The highest BCUT2D eigenvalue weighted by Gasteiger charge is 2.15. The zero-order valence-electron chi connectivity index (χ0n) is 14.8. The van der Waals surface area contributed by atoms with Gasteiger partial charge in [-0.3, -0.25) is 4.79 Å². The number of rotatable bonds is 6. The molecule has 0 aliphatic rings. The summed E-state index contributed by atoms with van der Waals surface area (Å²) < 4.78 is 7.37. The van der Waals surface area contributed by atoms with Crippen LogP contribution in [0.25, 0.3) is 11.0 Å². The summed E-state index contributed by atoms with van der Waals surface area (Å²) in [5, 5.41) is 3.23. The molecule has 0 fully saturated rings. The molecule has 0 aliphatic heterocycles. The highest BCUT2D eigenvalue weighted by molar-refractivity contribution is 6.33. The lowest BCUT2D eigenvalue weighted by atomic mass is 10.1. The largest absolute Gasteiger partial charge is 0.496 e. The summed E-state index contributed by atoms with van der Waals surface area (Å²) in [5.41, 5.74) is 8.58. The van der Waals surface area contributed by atoms with Crippen molar-refractivity contribution in [1.29, 1.82) is 0 Å². The summed E-state index contributed by atoms with van der Waals surface area (Å²) in [6.07, 6.45) is 0.776. The van der Waals surface area contributed by atoms with Gasteiger partial charge in [0.25, 0.3) is 5.91 Å². The number of anilines is 1. The van der Waals surface area contributed by atoms with Crippen LogP contribution in [-0.4, -0.2) is 29.1 Å². The maximum Gasteiger partial charge on any atom is 0.255 e. The number of aromatic nitrogens is 2. The van der Waals surface area contributed by atoms with Crippen molar-refractivity contribution in [3.63, 3.8) is 0 Å². The van der Waals surface area contributed by atoms with Crippen LogP contribution in [-0.2, 0) is 6.54 Å². The van der Waals surface area contributed by atoms with Crippen molar-refractivity contribution in [2.45, 2.75) is 19.9 Å². The molecule has 0 bridgehead atoms. The van der Waals surface area contributed by atoms with Crippen LogP contribution in [0.2, 0.25) is 5.02 Å². The van der Waals surface area contributed by atoms with Crippen LogP contribution in [0.3, 0.4) is 0 Å². The number of methoxy groups -OCH3 is 1. The Balaban J connectivity index is 1.62. The second-order valence-electron chi connectivity index (χ2n) is 5.98. The molecule has 3 N–H and O–H groups in total. The summed E-state index contributed by atoms with van der Waals surface area (Å²) in [7, 11) is 1.49. The molecule has 136 valence electrons. The van der Waals surface area contributed by atoms with Gasteiger partial charge in [0.05, 0.1) is 34.4 Å². The number of aryl methyl sites for hydroxylation is 2. The summed E-state index contributed by atoms with van der Waals surface area (Å²) in [4.78, 5) is 17.0. The number of hydrogen-bond donors (Lipinski definition) is 2. The Hall–Kier alpha value is -2.73. The first kappa shape index (κ1) is 18.1. The van der Waals surface area contributed by atoms with Gasteiger partial charge < -0.3 is 20.4 Å². The zero-order chi connectivity index (χ0) is 18.7. The minimum Gasteiger partial charge on any atom is -0.496 e. The molecule has 7 heteroatoms. The predicted octanol–water partition coefficient (Wildman–Crippen LogP) is 3.41. The SMILES string of the molecule is COc1cc(N)c(Cl)cc1C(=O)NCCCn1c(C)nc2ccccc21. The van der Waals surface area contributed by atoms with Crippen molar-refractivity contribution in [2.75, 3.05) is 19.4 Å². The normalized spacial score (nSPS) is 10.9. The van der Waals surface area contributed by atoms with Crippen molar-refractivity contribution in [1.82, 2.24) is 14.9 Å². The number of para-hydroxylation sites is 2. The van der Waals surface area contributed by atoms with Gasteiger partial charge >= 0.3 is 0 Å². The Kier molecular flexibility index (Phi) is 5.32. The number of nitrogen functional groups attached to an aromatic ring is 1. The number of carbonyl (C=O) groups excluding carboxylic acids is 1. The maximum atomic E-state index is 12.4. The van der Waals surface area contributed by atoms with E-state index in [2.05, 4.69) is 20.9 Å². The van der Waals surface area contributed by atoms with E-state index in [1.165, 1.54) is 13.2 Å². The van der Waals surface area contributed by atoms with Gasteiger partial charge in [0.1, 0.15) is 11.6 Å². The number of fused-ring (bicyclic) bond motifs is 1. The monoisotopic (exact) mass is 372 g/mol. The second kappa shape index (κ2) is 7.66. The van der Waals surface area contributed by atoms with Gasteiger partial charge in [0.15, 0.2) is 0 Å². The molecule has 0 spiro atoms. The molecule has 1 aromatic heterocycles. The standard InChI is InChI=1S/C19H21ClN4O2/c1-12-23-16-6-3-4-7-17(16)24(12)9-5-8-22-19(25)13-10-14(20)15(21)11-18(13)26-2/h3-4,6-7,10-11H,5,8-9,21H2,1-2H3,(H,22,25). The topological polar surface area (TPSA) is 82.2 Å². The van der Waals surface area contributed by atoms with Gasteiger partial charge in [0.2, 0.25) is 0 Å². The zero-order valence-corrected chi connectivity index (χ0v) is 15.5. The first-order valence-electron chi connectivity index (χ1n) is 8.34. The second-order valence-corrected chi connectivity index (χ2v) is 6.39. The molecule has 1 amide bonds. The summed E-state index contributed by atoms with van der Waals surface area (Å²) in [6, 6.07) is 11.1. The first-order valence-corrected chi connectivity index (χ1v) is 8.72. The van der Waals surface area contributed by atoms with Gasteiger partial charge in [0, 0.05) is 19.2 Å². The fourth-order valence-corrected chi connectivity index (χ4v) is 3.09. The van der Waals surface area contributed by atoms with Crippen LogP contribution in [0.4, 0.5) is 5.69 Å². The Morgan fingerprint density at radius 1 is 1.35 bits per heavy atom. The van der Waals surface area contributed by atoms with Crippen molar-refractivity contribution in [3.05, 3.63) is 52.8 Å². The number of imidazole rings is 1. The highest BCUT2D eigenvalue weighted by Crippen LogP contribution is 2.28. The number of amides is 1. The molecular weight excluding hydrogens is 352 g/mol. The smallest absolute Gasteiger partial charge is 0.255 e. The van der Waals surface area contributed by atoms with E-state index < -0.39 is 0 Å². The van der Waals surface area contributed by atoms with Gasteiger partial charge in [-0.05, 0) is 31.5 Å². The molecule has 6 nitrogen and oxygen atoms in total. The number of halogens is 1. The van der Waals surface area contributed by atoms with E-state index in [1.807, 2.05) is 25.1 Å². The third-order valence-electron chi connectivity index (χ3n) is 4.25. The Morgan fingerprint density at radius 3 is 2.88 bits per heavy atom. The summed E-state index contributed by atoms with van der Waals surface area (Å²) in [6.45, 7) is 3.28. The van der Waals surface area contributed by atoms with Crippen LogP contribution >= 0.6 is 11.6 Å². The fourth-order valence-electron chi connectivity index (χ4n) is 2.93. The minimum absolute atomic E-state index is 0.240. The Morgan fingerprint density at radius 2 is 2.12 bits per heavy atom. The van der Waals surface area contributed by atoms with Gasteiger partial charge in [-0.1, -0.05) is 23.7 Å². The molecule has 3 rings (SSSR count). The first-order chi connectivity index (χ1) is 12.5. The molecule has 0 aliphatic carbocycles. The van der Waals surface area contributed by atoms with Gasteiger partial charge in [-0.2, -0.15) is 0 Å². The Labute approximate surface area is 156 Å². The van der Waals surface area contributed by atoms with Crippen molar-refractivity contribution >= 4 is 34.2 Å². The van der Waals surface area contributed by atoms with Crippen LogP contribution in [0, 0.1) is 6.92 Å². The van der Waals surface area contributed by atoms with E-state index >= 15 is 0 Å². The molecule has 3 aromatic rings. The van der Waals surface area contributed by atoms with E-state index in [0.717, 1.165) is 29.8 Å². The Bertz CT molecular complexity index is 952. The van der Waals surface area contributed by atoms with Gasteiger partial charge in [-0.15, -0.1) is 0 Å². The molecular formula is C19H21ClN4O2. The van der Waals surface area contributed by atoms with E-state index in [0.29, 0.717) is 28.6 Å². The van der Waals surface area contributed by atoms with Crippen LogP contribution in [0.1, 0.15) is 22.6 Å². The summed E-state index contributed by atoms with van der Waals surface area (Å²) >= 11 is 6.02. The van der Waals surface area contributed by atoms with Crippen molar-refractivity contribution in [3.8, 4) is 5.75 Å². The minimum atomic E-state index is -0.240. The molecule has 0 saturated carbocycles. The number of carbonyl (C=O) groups is 1. The number of hydrogen-bond acceptors (Lipinski definition) is 4. The van der Waals surface area contributed by atoms with Gasteiger partial charge in [-0.25, -0.2) is 4.98 Å². The predicted molar refractivity (Wildman–Crippen MR) is 104 cm³/mol. The maximum absolute atomic E-state index is 12.4. The molecule has 26 heavy (non-hydrogen) atoms. The van der Waals surface area contributed by atoms with Crippen LogP contribution in [0.5, 0.6) is 5.75 Å². The average molecular weight is 373 g/mol. The van der Waals surface area contributed by atoms with Crippen LogP contribution < -0.4 is 15.8 Å². The van der Waals surface area contributed by atoms with Crippen LogP contribution in [0.15, 0.2) is 36.4 Å². The van der Waals surface area contributed by atoms with E-state index in [9.17, 15) is 4.79 Å². The molecule has 2 aromatic carbocycles. The third kappa shape index (κ3) is 3.60. The van der Waals surface area contributed by atoms with E-state index in [1.54, 1.807) is 6.07 Å². The number of nitrogens with two attached hydrogens (primary N) is 1. The van der Waals surface area contributed by atoms with Crippen molar-refractivity contribution < 1.29 is 9.53 Å². The molecule has 0 saturated heterocycles. The molecule has 0 unspecified atom stereocenters. The summed E-state index contributed by atoms with van der Waals surface area (Å²) in [5.74, 6) is 1.13. The molecule has 1 heterocycles. The fraction of sp³-hybridized carbons (Fsp3) is 0.263. The lowest BCUT2D eigenvalue weighted by Gasteiger charge is -2.12. The van der Waals surface area contributed by atoms with E-state index in [-0.39, 0.29) is 5.91 Å². The van der Waals surface area contributed by atoms with E-state index in [4.69, 9.17) is 22.1 Å². The third-order valence-corrected chi connectivity index (χ3v) is 4.58. The quantitative estimate of drug-likeness (QED) is 0.513. The number of ether oxygens (including phenoxy) is 1. The number of benzene rings is 2. The molecule has 0 atom stereocenters. The number of nitrogens with zero attached hydrogens (tertiary/aromatic N) is 2. The highest BCUT2D eigenvalue weighted by atomic mass is 35.5. The lowest BCUT2D eigenvalue weighted by molar-refractivity contribution is 0.0950.